The van der Waals surface area contributed by atoms with Crippen LogP contribution in [0.1, 0.15) is 93.9 Å². The van der Waals surface area contributed by atoms with Gasteiger partial charge in [-0.3, -0.25) is 10.1 Å². The van der Waals surface area contributed by atoms with Gasteiger partial charge in [-0.2, -0.15) is 0 Å². The van der Waals surface area contributed by atoms with E-state index in [1.54, 1.807) is 18.2 Å². The summed E-state index contributed by atoms with van der Waals surface area (Å²) in [7, 11) is 0. The SMILES string of the molecule is CCOCC.CCc1cc(O)ccc1CC(C)c1ccc(-c2ccc([N+](=O)[O-])cc2)c(C2CCCCC2)c1. The van der Waals surface area contributed by atoms with Gasteiger partial charge in [-0.05, 0) is 109 Å². The molecule has 3 aromatic carbocycles. The van der Waals surface area contributed by atoms with E-state index in [1.165, 1.54) is 59.9 Å². The lowest BCUT2D eigenvalue weighted by Crippen LogP contribution is -2.08. The van der Waals surface area contributed by atoms with Gasteiger partial charge in [0.25, 0.3) is 5.69 Å². The van der Waals surface area contributed by atoms with Crippen molar-refractivity contribution in [2.75, 3.05) is 13.2 Å². The Morgan fingerprint density at radius 2 is 1.61 bits per heavy atom. The van der Waals surface area contributed by atoms with Crippen LogP contribution >= 0.6 is 0 Å². The average molecular weight is 518 g/mol. The Bertz CT molecular complexity index is 1160. The van der Waals surface area contributed by atoms with Crippen LogP contribution in [0.5, 0.6) is 5.75 Å². The van der Waals surface area contributed by atoms with Crippen LogP contribution in [0.2, 0.25) is 0 Å². The minimum Gasteiger partial charge on any atom is -0.508 e. The molecule has 0 saturated heterocycles. The molecule has 1 aliphatic rings. The van der Waals surface area contributed by atoms with Crippen molar-refractivity contribution in [3.8, 4) is 16.9 Å². The van der Waals surface area contributed by atoms with Crippen molar-refractivity contribution in [2.45, 2.75) is 84.5 Å². The lowest BCUT2D eigenvalue weighted by molar-refractivity contribution is -0.384. The Morgan fingerprint density at radius 1 is 0.921 bits per heavy atom. The van der Waals surface area contributed by atoms with E-state index in [1.807, 2.05) is 32.0 Å². The maximum atomic E-state index is 11.1. The lowest BCUT2D eigenvalue weighted by atomic mass is 9.79. The molecule has 1 saturated carbocycles. The molecule has 1 N–H and O–H groups in total. The summed E-state index contributed by atoms with van der Waals surface area (Å²) in [6.07, 6.45) is 8.08. The zero-order valence-corrected chi connectivity index (χ0v) is 23.4. The molecular weight excluding hydrogens is 474 g/mol. The van der Waals surface area contributed by atoms with Gasteiger partial charge in [-0.25, -0.2) is 0 Å². The molecule has 0 bridgehead atoms. The topological polar surface area (TPSA) is 72.6 Å². The summed E-state index contributed by atoms with van der Waals surface area (Å²) in [5.74, 6) is 1.22. The largest absolute Gasteiger partial charge is 0.508 e. The molecule has 3 aromatic rings. The van der Waals surface area contributed by atoms with Crippen molar-refractivity contribution < 1.29 is 14.8 Å². The number of phenols is 1. The van der Waals surface area contributed by atoms with E-state index < -0.39 is 0 Å². The molecule has 5 heteroatoms. The third-order valence-electron chi connectivity index (χ3n) is 7.58. The van der Waals surface area contributed by atoms with Gasteiger partial charge in [-0.15, -0.1) is 0 Å². The zero-order chi connectivity index (χ0) is 27.5. The smallest absolute Gasteiger partial charge is 0.269 e. The lowest BCUT2D eigenvalue weighted by Gasteiger charge is -2.26. The van der Waals surface area contributed by atoms with Gasteiger partial charge in [-0.1, -0.05) is 57.4 Å². The predicted octanol–water partition coefficient (Wildman–Crippen LogP) is 8.97. The van der Waals surface area contributed by atoms with Crippen LogP contribution in [0.3, 0.4) is 0 Å². The van der Waals surface area contributed by atoms with Crippen molar-refractivity contribution in [3.63, 3.8) is 0 Å². The standard InChI is InChI=1S/C29H33NO3.C4H10O/c1-3-21-18-27(31)15-11-25(21)17-20(2)24-12-16-28(23-9-13-26(14-10-23)30(32)33)29(19-24)22-7-5-4-6-8-22;1-3-5-4-2/h9-16,18-20,22,31H,3-8,17H2,1-2H3;3-4H2,1-2H3. The van der Waals surface area contributed by atoms with Gasteiger partial charge >= 0.3 is 0 Å². The van der Waals surface area contributed by atoms with E-state index in [0.29, 0.717) is 17.6 Å². The molecule has 0 spiro atoms. The highest BCUT2D eigenvalue weighted by molar-refractivity contribution is 5.70. The fraction of sp³-hybridized carbons (Fsp3) is 0.455. The van der Waals surface area contributed by atoms with E-state index >= 15 is 0 Å². The predicted molar refractivity (Wildman–Crippen MR) is 156 cm³/mol. The maximum absolute atomic E-state index is 11.1. The highest BCUT2D eigenvalue weighted by Gasteiger charge is 2.21. The van der Waals surface area contributed by atoms with E-state index in [0.717, 1.165) is 31.6 Å². The van der Waals surface area contributed by atoms with Gasteiger partial charge in [0.2, 0.25) is 0 Å². The minimum absolute atomic E-state index is 0.129. The highest BCUT2D eigenvalue weighted by Crippen LogP contribution is 2.40. The first-order valence-corrected chi connectivity index (χ1v) is 14.1. The summed E-state index contributed by atoms with van der Waals surface area (Å²) in [4.78, 5) is 10.7. The molecule has 1 aliphatic carbocycles. The van der Waals surface area contributed by atoms with Gasteiger partial charge in [0, 0.05) is 25.3 Å². The first kappa shape index (κ1) is 29.4. The monoisotopic (exact) mass is 517 g/mol. The second kappa shape index (κ2) is 14.7. The highest BCUT2D eigenvalue weighted by atomic mass is 16.6. The summed E-state index contributed by atoms with van der Waals surface area (Å²) in [6, 6.07) is 19.5. The van der Waals surface area contributed by atoms with Crippen LogP contribution in [0, 0.1) is 10.1 Å². The second-order valence-corrected chi connectivity index (χ2v) is 10.2. The molecular formula is C33H43NO4. The molecule has 0 amide bonds. The minimum atomic E-state index is -0.343. The Labute approximate surface area is 228 Å². The molecule has 1 unspecified atom stereocenters. The Balaban J connectivity index is 0.000000732. The number of nitrogens with zero attached hydrogens (tertiary/aromatic N) is 1. The number of aromatic hydroxyl groups is 1. The Morgan fingerprint density at radius 3 is 2.18 bits per heavy atom. The molecule has 1 atom stereocenters. The van der Waals surface area contributed by atoms with Crippen molar-refractivity contribution in [3.05, 3.63) is 93.0 Å². The van der Waals surface area contributed by atoms with Crippen LogP contribution in [-0.4, -0.2) is 23.2 Å². The normalized spacial score (nSPS) is 14.4. The van der Waals surface area contributed by atoms with Crippen molar-refractivity contribution in [2.24, 2.45) is 0 Å². The quantitative estimate of drug-likeness (QED) is 0.227. The summed E-state index contributed by atoms with van der Waals surface area (Å²) in [5, 5.41) is 20.9. The fourth-order valence-corrected chi connectivity index (χ4v) is 5.46. The fourth-order valence-electron chi connectivity index (χ4n) is 5.46. The van der Waals surface area contributed by atoms with Crippen LogP contribution in [0.4, 0.5) is 5.69 Å². The number of benzene rings is 3. The van der Waals surface area contributed by atoms with Gasteiger partial charge < -0.3 is 9.84 Å². The van der Waals surface area contributed by atoms with Crippen LogP contribution in [-0.2, 0) is 17.6 Å². The van der Waals surface area contributed by atoms with Crippen molar-refractivity contribution in [1.29, 1.82) is 0 Å². The number of rotatable bonds is 9. The first-order chi connectivity index (χ1) is 18.4. The van der Waals surface area contributed by atoms with Crippen LogP contribution < -0.4 is 0 Å². The molecule has 0 heterocycles. The number of aryl methyl sites for hydroxylation is 1. The molecule has 0 aromatic heterocycles. The molecule has 0 radical (unpaired) electrons. The number of nitro groups is 1. The summed E-state index contributed by atoms with van der Waals surface area (Å²) < 4.78 is 4.83. The number of nitro benzene ring substituents is 1. The number of phenolic OH excluding ortho intramolecular Hbond substituents is 1. The number of ether oxygens (including phenoxy) is 1. The first-order valence-electron chi connectivity index (χ1n) is 14.1. The van der Waals surface area contributed by atoms with E-state index in [4.69, 9.17) is 4.74 Å². The van der Waals surface area contributed by atoms with E-state index in [-0.39, 0.29) is 10.6 Å². The summed E-state index contributed by atoms with van der Waals surface area (Å²) in [6.45, 7) is 10.1. The zero-order valence-electron chi connectivity index (χ0n) is 23.4. The van der Waals surface area contributed by atoms with Gasteiger partial charge in [0.15, 0.2) is 0 Å². The summed E-state index contributed by atoms with van der Waals surface area (Å²) in [5.41, 5.74) is 7.59. The van der Waals surface area contributed by atoms with Crippen LogP contribution in [0.25, 0.3) is 11.1 Å². The van der Waals surface area contributed by atoms with E-state index in [2.05, 4.69) is 38.1 Å². The third-order valence-corrected chi connectivity index (χ3v) is 7.58. The maximum Gasteiger partial charge on any atom is 0.269 e. The van der Waals surface area contributed by atoms with Gasteiger partial charge in [0.1, 0.15) is 5.75 Å². The average Bonchev–Trinajstić information content (AvgIpc) is 2.95. The Kier molecular flexibility index (Phi) is 11.3. The van der Waals surface area contributed by atoms with Crippen molar-refractivity contribution in [1.82, 2.24) is 0 Å². The van der Waals surface area contributed by atoms with Gasteiger partial charge in [0.05, 0.1) is 4.92 Å². The molecule has 1 fully saturated rings. The molecule has 5 nitrogen and oxygen atoms in total. The summed E-state index contributed by atoms with van der Waals surface area (Å²) >= 11 is 0. The second-order valence-electron chi connectivity index (χ2n) is 10.2. The number of hydrogen-bond acceptors (Lipinski definition) is 4. The molecule has 4 rings (SSSR count). The molecule has 204 valence electrons. The number of hydrogen-bond donors (Lipinski definition) is 1. The number of non-ortho nitro benzene ring substituents is 1. The van der Waals surface area contributed by atoms with E-state index in [9.17, 15) is 15.2 Å². The van der Waals surface area contributed by atoms with Crippen molar-refractivity contribution >= 4 is 5.69 Å². The third kappa shape index (κ3) is 7.91. The Hall–Kier alpha value is -3.18. The molecule has 38 heavy (non-hydrogen) atoms. The van der Waals surface area contributed by atoms with Crippen LogP contribution in [0.15, 0.2) is 60.7 Å². The molecule has 0 aliphatic heterocycles.